The molecule has 4 rings (SSSR count). The molecule has 7 nitrogen and oxygen atoms in total. The minimum atomic E-state index is -0.0511. The fourth-order valence-electron chi connectivity index (χ4n) is 4.90. The van der Waals surface area contributed by atoms with Crippen molar-refractivity contribution in [2.75, 3.05) is 36.8 Å². The second-order valence-electron chi connectivity index (χ2n) is 9.28. The van der Waals surface area contributed by atoms with Gasteiger partial charge in [0.05, 0.1) is 0 Å². The van der Waals surface area contributed by atoms with Crippen LogP contribution in [0.15, 0.2) is 42.5 Å². The smallest absolute Gasteiger partial charge is 0.321 e. The quantitative estimate of drug-likeness (QED) is 0.593. The van der Waals surface area contributed by atoms with E-state index < -0.39 is 0 Å². The molecule has 2 saturated heterocycles. The van der Waals surface area contributed by atoms with Crippen LogP contribution in [0.5, 0.6) is 0 Å². The number of thiocarbonyl (C=S) groups is 1. The number of aryl methyl sites for hydroxylation is 2. The summed E-state index contributed by atoms with van der Waals surface area (Å²) < 4.78 is 0. The third kappa shape index (κ3) is 5.27. The van der Waals surface area contributed by atoms with Gasteiger partial charge >= 0.3 is 6.03 Å². The number of amides is 3. The number of likely N-dealkylation sites (tertiary alicyclic amines) is 2. The Morgan fingerprint density at radius 2 is 1.67 bits per heavy atom. The summed E-state index contributed by atoms with van der Waals surface area (Å²) in [6.45, 7) is 6.92. The normalized spacial score (nSPS) is 17.2. The van der Waals surface area contributed by atoms with Crippen molar-refractivity contribution in [3.8, 4) is 0 Å². The minimum absolute atomic E-state index is 0.0217. The zero-order chi connectivity index (χ0) is 23.6. The number of carbonyl (C=O) groups excluding carboxylic acids is 2. The number of piperidine rings is 1. The minimum Gasteiger partial charge on any atom is -0.376 e. The largest absolute Gasteiger partial charge is 0.376 e. The Balaban J connectivity index is 1.33. The molecule has 0 saturated carbocycles. The van der Waals surface area contributed by atoms with Crippen molar-refractivity contribution in [3.63, 3.8) is 0 Å². The van der Waals surface area contributed by atoms with E-state index in [2.05, 4.69) is 16.7 Å². The lowest BCUT2D eigenvalue weighted by Gasteiger charge is -2.39. The number of hydrogen-bond donors (Lipinski definition) is 3. The molecule has 0 unspecified atom stereocenters. The summed E-state index contributed by atoms with van der Waals surface area (Å²) in [6, 6.07) is 13.2. The van der Waals surface area contributed by atoms with E-state index in [1.165, 1.54) is 5.56 Å². The summed E-state index contributed by atoms with van der Waals surface area (Å²) in [6.07, 6.45) is 2.77. The fraction of sp³-hybridized carbons (Fsp3) is 0.400. The molecule has 0 atom stereocenters. The monoisotopic (exact) mass is 465 g/mol. The number of urea groups is 1. The highest BCUT2D eigenvalue weighted by Gasteiger charge is 2.43. The maximum Gasteiger partial charge on any atom is 0.321 e. The molecule has 0 bridgehead atoms. The van der Waals surface area contributed by atoms with Gasteiger partial charge in [0.15, 0.2) is 5.11 Å². The van der Waals surface area contributed by atoms with Gasteiger partial charge in [-0.25, -0.2) is 4.79 Å². The van der Waals surface area contributed by atoms with Crippen molar-refractivity contribution < 1.29 is 9.59 Å². The third-order valence-corrected chi connectivity index (χ3v) is 6.94. The zero-order valence-corrected chi connectivity index (χ0v) is 20.0. The molecule has 2 fully saturated rings. The SMILES string of the molecule is Cc1ccc(NC(=O)N2CCC3(CC2)CCN(C(=O)c2cccc(NC(N)=S)c2)C3)c(C)c1. The van der Waals surface area contributed by atoms with Crippen LogP contribution < -0.4 is 16.4 Å². The van der Waals surface area contributed by atoms with Gasteiger partial charge in [0.1, 0.15) is 0 Å². The molecule has 8 heteroatoms. The summed E-state index contributed by atoms with van der Waals surface area (Å²) in [5.41, 5.74) is 10.1. The number of rotatable bonds is 3. The van der Waals surface area contributed by atoms with E-state index in [1.807, 2.05) is 54.0 Å². The predicted molar refractivity (Wildman–Crippen MR) is 136 cm³/mol. The Morgan fingerprint density at radius 3 is 2.33 bits per heavy atom. The predicted octanol–water partition coefficient (Wildman–Crippen LogP) is 4.12. The highest BCUT2D eigenvalue weighted by molar-refractivity contribution is 7.80. The molecular weight excluding hydrogens is 434 g/mol. The van der Waals surface area contributed by atoms with E-state index in [0.29, 0.717) is 24.3 Å². The summed E-state index contributed by atoms with van der Waals surface area (Å²) in [7, 11) is 0. The Labute approximate surface area is 200 Å². The molecule has 0 aromatic heterocycles. The second-order valence-corrected chi connectivity index (χ2v) is 9.72. The molecule has 174 valence electrons. The van der Waals surface area contributed by atoms with Crippen molar-refractivity contribution in [3.05, 3.63) is 59.2 Å². The Kier molecular flexibility index (Phi) is 6.56. The molecule has 2 aliphatic heterocycles. The number of hydrogen-bond acceptors (Lipinski definition) is 3. The van der Waals surface area contributed by atoms with Crippen LogP contribution in [-0.2, 0) is 0 Å². The number of anilines is 2. The van der Waals surface area contributed by atoms with Crippen LogP contribution in [0.25, 0.3) is 0 Å². The first kappa shape index (κ1) is 23.0. The average Bonchev–Trinajstić information content (AvgIpc) is 3.18. The third-order valence-electron chi connectivity index (χ3n) is 6.84. The molecule has 33 heavy (non-hydrogen) atoms. The number of benzene rings is 2. The molecule has 2 aromatic rings. The van der Waals surface area contributed by atoms with Crippen LogP contribution in [0.2, 0.25) is 0 Å². The van der Waals surface area contributed by atoms with Gasteiger partial charge in [-0.2, -0.15) is 0 Å². The lowest BCUT2D eigenvalue weighted by molar-refractivity contribution is 0.0739. The van der Waals surface area contributed by atoms with E-state index in [4.69, 9.17) is 18.0 Å². The molecular formula is C25H31N5O2S. The Bertz CT molecular complexity index is 1080. The number of nitrogens with zero attached hydrogens (tertiary/aromatic N) is 2. The lowest BCUT2D eigenvalue weighted by Crippen LogP contribution is -2.46. The Morgan fingerprint density at radius 1 is 0.970 bits per heavy atom. The average molecular weight is 466 g/mol. The van der Waals surface area contributed by atoms with E-state index in [0.717, 1.165) is 43.6 Å². The summed E-state index contributed by atoms with van der Waals surface area (Å²) in [5.74, 6) is 0.0217. The molecule has 0 aliphatic carbocycles. The summed E-state index contributed by atoms with van der Waals surface area (Å²) in [4.78, 5) is 29.7. The molecule has 2 aliphatic rings. The first-order valence-corrected chi connectivity index (χ1v) is 11.7. The lowest BCUT2D eigenvalue weighted by atomic mass is 9.78. The number of nitrogens with one attached hydrogen (secondary N) is 2. The first-order chi connectivity index (χ1) is 15.7. The van der Waals surface area contributed by atoms with Crippen LogP contribution in [-0.4, -0.2) is 53.0 Å². The first-order valence-electron chi connectivity index (χ1n) is 11.3. The number of carbonyl (C=O) groups is 2. The van der Waals surface area contributed by atoms with Gasteiger partial charge in [-0.05, 0) is 80.6 Å². The standard InChI is InChI=1S/C25H31N5O2S/c1-17-6-7-21(18(2)14-17)28-24(32)29-11-8-25(9-12-29)10-13-30(16-25)22(31)19-4-3-5-20(15-19)27-23(26)33/h3-7,14-15H,8-13,16H2,1-2H3,(H,28,32)(H3,26,27,33). The fourth-order valence-corrected chi connectivity index (χ4v) is 5.02. The maximum absolute atomic E-state index is 13.1. The summed E-state index contributed by atoms with van der Waals surface area (Å²) in [5, 5.41) is 6.11. The van der Waals surface area contributed by atoms with E-state index in [1.54, 1.807) is 6.07 Å². The molecule has 2 heterocycles. The van der Waals surface area contributed by atoms with Gasteiger partial charge in [-0.3, -0.25) is 4.79 Å². The second kappa shape index (κ2) is 9.39. The van der Waals surface area contributed by atoms with E-state index in [-0.39, 0.29) is 22.5 Å². The van der Waals surface area contributed by atoms with Crippen molar-refractivity contribution in [2.45, 2.75) is 33.1 Å². The highest BCUT2D eigenvalue weighted by Crippen LogP contribution is 2.41. The maximum atomic E-state index is 13.1. The van der Waals surface area contributed by atoms with Gasteiger partial charge in [-0.1, -0.05) is 23.8 Å². The van der Waals surface area contributed by atoms with Gasteiger partial charge in [-0.15, -0.1) is 0 Å². The van der Waals surface area contributed by atoms with Crippen LogP contribution in [0.1, 0.15) is 40.7 Å². The molecule has 2 aromatic carbocycles. The topological polar surface area (TPSA) is 90.7 Å². The van der Waals surface area contributed by atoms with E-state index in [9.17, 15) is 9.59 Å². The van der Waals surface area contributed by atoms with Crippen molar-refractivity contribution in [1.29, 1.82) is 0 Å². The zero-order valence-electron chi connectivity index (χ0n) is 19.2. The number of nitrogens with two attached hydrogens (primary N) is 1. The van der Waals surface area contributed by atoms with Gasteiger partial charge in [0.25, 0.3) is 5.91 Å². The molecule has 3 amide bonds. The molecule has 0 radical (unpaired) electrons. The van der Waals surface area contributed by atoms with Crippen molar-refractivity contribution >= 4 is 40.6 Å². The molecule has 1 spiro atoms. The van der Waals surface area contributed by atoms with Crippen LogP contribution in [0.4, 0.5) is 16.2 Å². The van der Waals surface area contributed by atoms with E-state index >= 15 is 0 Å². The van der Waals surface area contributed by atoms with Crippen molar-refractivity contribution in [1.82, 2.24) is 9.80 Å². The van der Waals surface area contributed by atoms with Gasteiger partial charge in [0, 0.05) is 43.1 Å². The highest BCUT2D eigenvalue weighted by atomic mass is 32.1. The van der Waals surface area contributed by atoms with Crippen LogP contribution in [0.3, 0.4) is 0 Å². The van der Waals surface area contributed by atoms with Crippen molar-refractivity contribution in [2.24, 2.45) is 11.1 Å². The van der Waals surface area contributed by atoms with Crippen LogP contribution >= 0.6 is 12.2 Å². The van der Waals surface area contributed by atoms with Crippen LogP contribution in [0, 0.1) is 19.3 Å². The molecule has 4 N–H and O–H groups in total. The Hall–Kier alpha value is -3.13. The van der Waals surface area contributed by atoms with Gasteiger partial charge in [0.2, 0.25) is 0 Å². The van der Waals surface area contributed by atoms with Gasteiger partial charge < -0.3 is 26.2 Å². The summed E-state index contributed by atoms with van der Waals surface area (Å²) >= 11 is 4.89.